The fourth-order valence-electron chi connectivity index (χ4n) is 2.24. The number of hydrogen-bond donors (Lipinski definition) is 1. The SMILES string of the molecule is COC(=O)CCc1csc(NCC(=O)N2CCCCC2)n1. The highest BCUT2D eigenvalue weighted by molar-refractivity contribution is 7.13. The second-order valence-corrected chi connectivity index (χ2v) is 5.87. The van der Waals surface area contributed by atoms with Crippen molar-refractivity contribution in [3.05, 3.63) is 11.1 Å². The number of methoxy groups -OCH3 is 1. The minimum Gasteiger partial charge on any atom is -0.469 e. The third kappa shape index (κ3) is 5.00. The Hall–Kier alpha value is -1.63. The van der Waals surface area contributed by atoms with Gasteiger partial charge in [-0.3, -0.25) is 9.59 Å². The van der Waals surface area contributed by atoms with E-state index in [1.807, 2.05) is 10.3 Å². The molecule has 7 heteroatoms. The van der Waals surface area contributed by atoms with E-state index >= 15 is 0 Å². The van der Waals surface area contributed by atoms with Crippen LogP contribution in [-0.2, 0) is 20.7 Å². The summed E-state index contributed by atoms with van der Waals surface area (Å²) >= 11 is 1.45. The number of hydrogen-bond acceptors (Lipinski definition) is 6. The summed E-state index contributed by atoms with van der Waals surface area (Å²) in [5, 5.41) is 5.69. The Morgan fingerprint density at radius 1 is 1.38 bits per heavy atom. The number of amides is 1. The van der Waals surface area contributed by atoms with Crippen molar-refractivity contribution in [2.75, 3.05) is 32.1 Å². The van der Waals surface area contributed by atoms with Crippen molar-refractivity contribution < 1.29 is 14.3 Å². The van der Waals surface area contributed by atoms with Crippen LogP contribution in [0.25, 0.3) is 0 Å². The molecular formula is C14H21N3O3S. The molecule has 1 aromatic rings. The number of thiazole rings is 1. The van der Waals surface area contributed by atoms with Gasteiger partial charge in [0.2, 0.25) is 5.91 Å². The molecule has 0 bridgehead atoms. The largest absolute Gasteiger partial charge is 0.469 e. The Morgan fingerprint density at radius 3 is 2.86 bits per heavy atom. The summed E-state index contributed by atoms with van der Waals surface area (Å²) in [6.07, 6.45) is 4.30. The van der Waals surface area contributed by atoms with Crippen LogP contribution < -0.4 is 5.32 Å². The maximum absolute atomic E-state index is 12.0. The molecule has 0 aliphatic carbocycles. The Kier molecular flexibility index (Phi) is 5.98. The third-order valence-corrected chi connectivity index (χ3v) is 4.31. The quantitative estimate of drug-likeness (QED) is 0.809. The first-order chi connectivity index (χ1) is 10.2. The van der Waals surface area contributed by atoms with Crippen molar-refractivity contribution in [2.45, 2.75) is 32.1 Å². The number of carbonyl (C=O) groups excluding carboxylic acids is 2. The molecule has 1 fully saturated rings. The zero-order valence-electron chi connectivity index (χ0n) is 12.3. The number of anilines is 1. The molecule has 116 valence electrons. The molecule has 0 spiro atoms. The summed E-state index contributed by atoms with van der Waals surface area (Å²) in [4.78, 5) is 29.3. The van der Waals surface area contributed by atoms with E-state index in [4.69, 9.17) is 0 Å². The molecule has 1 amide bonds. The highest BCUT2D eigenvalue weighted by Gasteiger charge is 2.16. The number of piperidine rings is 1. The third-order valence-electron chi connectivity index (χ3n) is 3.46. The molecule has 6 nitrogen and oxygen atoms in total. The number of nitrogens with zero attached hydrogens (tertiary/aromatic N) is 2. The normalized spacial score (nSPS) is 14.8. The van der Waals surface area contributed by atoms with E-state index in [2.05, 4.69) is 15.0 Å². The second-order valence-electron chi connectivity index (χ2n) is 5.02. The topological polar surface area (TPSA) is 71.5 Å². The highest BCUT2D eigenvalue weighted by atomic mass is 32.1. The van der Waals surface area contributed by atoms with Crippen LogP contribution in [0.2, 0.25) is 0 Å². The average Bonchev–Trinajstić information content (AvgIpc) is 2.99. The van der Waals surface area contributed by atoms with Crippen LogP contribution in [0.3, 0.4) is 0 Å². The number of nitrogens with one attached hydrogen (secondary N) is 1. The Morgan fingerprint density at radius 2 is 2.14 bits per heavy atom. The molecule has 0 saturated carbocycles. The van der Waals surface area contributed by atoms with Gasteiger partial charge in [-0.1, -0.05) is 0 Å². The molecule has 1 N–H and O–H groups in total. The molecule has 1 aliphatic rings. The van der Waals surface area contributed by atoms with Crippen molar-refractivity contribution in [1.29, 1.82) is 0 Å². The van der Waals surface area contributed by atoms with Crippen molar-refractivity contribution in [3.8, 4) is 0 Å². The molecular weight excluding hydrogens is 290 g/mol. The minimum atomic E-state index is -0.238. The molecule has 21 heavy (non-hydrogen) atoms. The van der Waals surface area contributed by atoms with Crippen LogP contribution in [0, 0.1) is 0 Å². The smallest absolute Gasteiger partial charge is 0.305 e. The summed E-state index contributed by atoms with van der Waals surface area (Å²) < 4.78 is 4.60. The molecule has 0 atom stereocenters. The number of esters is 1. The lowest BCUT2D eigenvalue weighted by molar-refractivity contribution is -0.140. The van der Waals surface area contributed by atoms with Crippen LogP contribution >= 0.6 is 11.3 Å². The van der Waals surface area contributed by atoms with Crippen molar-refractivity contribution in [1.82, 2.24) is 9.88 Å². The lowest BCUT2D eigenvalue weighted by Gasteiger charge is -2.26. The summed E-state index contributed by atoms with van der Waals surface area (Å²) in [6, 6.07) is 0. The van der Waals surface area contributed by atoms with Gasteiger partial charge < -0.3 is 15.0 Å². The first-order valence-electron chi connectivity index (χ1n) is 7.22. The van der Waals surface area contributed by atoms with Gasteiger partial charge in [-0.2, -0.15) is 0 Å². The maximum atomic E-state index is 12.0. The van der Waals surface area contributed by atoms with Gasteiger partial charge in [-0.25, -0.2) is 4.98 Å². The molecule has 1 aliphatic heterocycles. The van der Waals surface area contributed by atoms with E-state index in [-0.39, 0.29) is 18.4 Å². The molecule has 0 aromatic carbocycles. The van der Waals surface area contributed by atoms with Crippen molar-refractivity contribution in [3.63, 3.8) is 0 Å². The first-order valence-corrected chi connectivity index (χ1v) is 8.10. The zero-order chi connectivity index (χ0) is 15.1. The van der Waals surface area contributed by atoms with E-state index in [9.17, 15) is 9.59 Å². The van der Waals surface area contributed by atoms with Gasteiger partial charge in [0.05, 0.1) is 25.8 Å². The van der Waals surface area contributed by atoms with Crippen LogP contribution in [0.15, 0.2) is 5.38 Å². The summed E-state index contributed by atoms with van der Waals surface area (Å²) in [5.74, 6) is -0.112. The average molecular weight is 311 g/mol. The van der Waals surface area contributed by atoms with Gasteiger partial charge >= 0.3 is 5.97 Å². The van der Waals surface area contributed by atoms with Crippen molar-refractivity contribution >= 4 is 28.3 Å². The molecule has 2 rings (SSSR count). The van der Waals surface area contributed by atoms with Gasteiger partial charge in [-0.15, -0.1) is 11.3 Å². The monoisotopic (exact) mass is 311 g/mol. The number of likely N-dealkylation sites (tertiary alicyclic amines) is 1. The predicted octanol–water partition coefficient (Wildman–Crippen LogP) is 1.67. The molecule has 0 radical (unpaired) electrons. The predicted molar refractivity (Wildman–Crippen MR) is 81.4 cm³/mol. The van der Waals surface area contributed by atoms with E-state index in [0.717, 1.165) is 36.8 Å². The zero-order valence-corrected chi connectivity index (χ0v) is 13.1. The van der Waals surface area contributed by atoms with E-state index in [0.29, 0.717) is 12.8 Å². The van der Waals surface area contributed by atoms with Crippen LogP contribution in [0.5, 0.6) is 0 Å². The van der Waals surface area contributed by atoms with Gasteiger partial charge in [0.15, 0.2) is 5.13 Å². The van der Waals surface area contributed by atoms with Gasteiger partial charge in [0, 0.05) is 24.9 Å². The Balaban J connectivity index is 1.74. The van der Waals surface area contributed by atoms with Crippen LogP contribution in [0.1, 0.15) is 31.4 Å². The maximum Gasteiger partial charge on any atom is 0.305 e. The van der Waals surface area contributed by atoms with Crippen molar-refractivity contribution in [2.24, 2.45) is 0 Å². The van der Waals surface area contributed by atoms with Gasteiger partial charge in [-0.05, 0) is 19.3 Å². The van der Waals surface area contributed by atoms with E-state index in [1.165, 1.54) is 24.9 Å². The minimum absolute atomic E-state index is 0.126. The molecule has 2 heterocycles. The highest BCUT2D eigenvalue weighted by Crippen LogP contribution is 2.17. The number of carbonyl (C=O) groups is 2. The number of aryl methyl sites for hydroxylation is 1. The van der Waals surface area contributed by atoms with E-state index in [1.54, 1.807) is 0 Å². The van der Waals surface area contributed by atoms with Gasteiger partial charge in [0.25, 0.3) is 0 Å². The fourth-order valence-corrected chi connectivity index (χ4v) is 2.99. The Bertz CT molecular complexity index is 484. The Labute approximate surface area is 128 Å². The summed E-state index contributed by atoms with van der Waals surface area (Å²) in [5.41, 5.74) is 0.846. The molecule has 1 saturated heterocycles. The summed E-state index contributed by atoms with van der Waals surface area (Å²) in [7, 11) is 1.38. The lowest BCUT2D eigenvalue weighted by Crippen LogP contribution is -2.39. The van der Waals surface area contributed by atoms with Gasteiger partial charge in [0.1, 0.15) is 0 Å². The van der Waals surface area contributed by atoms with E-state index < -0.39 is 0 Å². The van der Waals surface area contributed by atoms with Crippen LogP contribution in [-0.4, -0.2) is 48.5 Å². The van der Waals surface area contributed by atoms with Crippen LogP contribution in [0.4, 0.5) is 5.13 Å². The summed E-state index contributed by atoms with van der Waals surface area (Å²) in [6.45, 7) is 2.01. The lowest BCUT2D eigenvalue weighted by atomic mass is 10.1. The number of aromatic nitrogens is 1. The molecule has 1 aromatic heterocycles. The first kappa shape index (κ1) is 15.8. The number of ether oxygens (including phenoxy) is 1. The molecule has 0 unspecified atom stereocenters. The standard InChI is InChI=1S/C14H21N3O3S/c1-20-13(19)6-5-11-10-21-14(16-11)15-9-12(18)17-7-3-2-4-8-17/h10H,2-9H2,1H3,(H,15,16). The fraction of sp³-hybridized carbons (Fsp3) is 0.643. The second kappa shape index (κ2) is 7.97. The number of rotatable bonds is 6.